The maximum atomic E-state index is 13.0. The van der Waals surface area contributed by atoms with Crippen molar-refractivity contribution in [2.45, 2.75) is 13.5 Å². The number of rotatable bonds is 5. The van der Waals surface area contributed by atoms with Gasteiger partial charge in [0.05, 0.1) is 12.2 Å². The highest BCUT2D eigenvalue weighted by Gasteiger charge is 2.04. The first-order valence-corrected chi connectivity index (χ1v) is 7.48. The van der Waals surface area contributed by atoms with Gasteiger partial charge < -0.3 is 5.32 Å². The molecule has 0 aliphatic rings. The van der Waals surface area contributed by atoms with Crippen LogP contribution in [-0.4, -0.2) is 26.3 Å². The van der Waals surface area contributed by atoms with Crippen LogP contribution >= 0.6 is 0 Å². The summed E-state index contributed by atoms with van der Waals surface area (Å²) in [5.41, 5.74) is 2.14. The van der Waals surface area contributed by atoms with Gasteiger partial charge in [-0.15, -0.1) is 0 Å². The van der Waals surface area contributed by atoms with E-state index in [0.717, 1.165) is 11.1 Å². The Labute approximate surface area is 138 Å². The largest absolute Gasteiger partial charge is 0.352 e. The molecule has 0 saturated carbocycles. The molecule has 0 saturated heterocycles. The maximum Gasteiger partial charge on any atom is 0.266 e. The third kappa shape index (κ3) is 3.81. The lowest BCUT2D eigenvalue weighted by Crippen LogP contribution is -2.26. The molecule has 122 valence electrons. The first-order valence-electron chi connectivity index (χ1n) is 7.48. The van der Waals surface area contributed by atoms with Crippen molar-refractivity contribution in [1.82, 2.24) is 19.7 Å². The van der Waals surface area contributed by atoms with Gasteiger partial charge in [-0.2, -0.15) is 5.10 Å². The van der Waals surface area contributed by atoms with E-state index in [2.05, 4.69) is 20.4 Å². The Morgan fingerprint density at radius 1 is 1.08 bits per heavy atom. The lowest BCUT2D eigenvalue weighted by Gasteiger charge is -2.08. The summed E-state index contributed by atoms with van der Waals surface area (Å²) < 4.78 is 14.4. The molecule has 2 heterocycles. The van der Waals surface area contributed by atoms with E-state index in [4.69, 9.17) is 0 Å². The zero-order valence-corrected chi connectivity index (χ0v) is 13.1. The van der Waals surface area contributed by atoms with E-state index in [9.17, 15) is 9.18 Å². The van der Waals surface area contributed by atoms with Crippen molar-refractivity contribution >= 4 is 5.95 Å². The van der Waals surface area contributed by atoms with Gasteiger partial charge >= 0.3 is 0 Å². The predicted molar refractivity (Wildman–Crippen MR) is 89.1 cm³/mol. The van der Waals surface area contributed by atoms with E-state index in [1.807, 2.05) is 6.92 Å². The van der Waals surface area contributed by atoms with Crippen LogP contribution in [0.15, 0.2) is 53.6 Å². The normalized spacial score (nSPS) is 10.6. The quantitative estimate of drug-likeness (QED) is 0.779. The van der Waals surface area contributed by atoms with Gasteiger partial charge in [0.15, 0.2) is 0 Å². The monoisotopic (exact) mass is 325 g/mol. The molecule has 0 amide bonds. The Morgan fingerprint density at radius 2 is 1.79 bits per heavy atom. The molecule has 0 atom stereocenters. The highest BCUT2D eigenvalue weighted by molar-refractivity contribution is 5.57. The third-order valence-corrected chi connectivity index (χ3v) is 3.39. The number of benzene rings is 1. The summed E-state index contributed by atoms with van der Waals surface area (Å²) in [5.74, 6) is 0.192. The number of hydrogen-bond donors (Lipinski definition) is 1. The number of nitrogens with zero attached hydrogens (tertiary/aromatic N) is 4. The van der Waals surface area contributed by atoms with Gasteiger partial charge in [0.2, 0.25) is 5.95 Å². The topological polar surface area (TPSA) is 72.7 Å². The summed E-state index contributed by atoms with van der Waals surface area (Å²) in [7, 11) is 0. The smallest absolute Gasteiger partial charge is 0.266 e. The molecule has 7 heteroatoms. The molecule has 0 spiro atoms. The van der Waals surface area contributed by atoms with E-state index >= 15 is 0 Å². The molecule has 0 aliphatic carbocycles. The molecule has 2 aromatic heterocycles. The van der Waals surface area contributed by atoms with E-state index < -0.39 is 0 Å². The SMILES string of the molecule is Cc1cnc(NCCn2nc(-c3ccc(F)cc3)ccc2=O)nc1. The summed E-state index contributed by atoms with van der Waals surface area (Å²) in [5, 5.41) is 7.36. The maximum absolute atomic E-state index is 13.0. The second kappa shape index (κ2) is 6.99. The van der Waals surface area contributed by atoms with Gasteiger partial charge in [0, 0.05) is 30.6 Å². The fraction of sp³-hybridized carbons (Fsp3) is 0.176. The van der Waals surface area contributed by atoms with Crippen LogP contribution < -0.4 is 10.9 Å². The summed E-state index contributed by atoms with van der Waals surface area (Å²) in [6.07, 6.45) is 3.43. The van der Waals surface area contributed by atoms with Crippen LogP contribution in [-0.2, 0) is 6.54 Å². The first-order chi connectivity index (χ1) is 11.6. The zero-order valence-electron chi connectivity index (χ0n) is 13.1. The number of nitrogens with one attached hydrogen (secondary N) is 1. The Hall–Kier alpha value is -3.09. The van der Waals surface area contributed by atoms with Crippen LogP contribution in [0.4, 0.5) is 10.3 Å². The van der Waals surface area contributed by atoms with Crippen LogP contribution in [0.25, 0.3) is 11.3 Å². The second-order valence-electron chi connectivity index (χ2n) is 5.30. The number of anilines is 1. The van der Waals surface area contributed by atoms with Gasteiger partial charge in [-0.05, 0) is 42.8 Å². The van der Waals surface area contributed by atoms with Crippen LogP contribution in [0.5, 0.6) is 0 Å². The minimum Gasteiger partial charge on any atom is -0.352 e. The fourth-order valence-corrected chi connectivity index (χ4v) is 2.14. The molecule has 0 fully saturated rings. The average molecular weight is 325 g/mol. The van der Waals surface area contributed by atoms with Gasteiger partial charge in [0.25, 0.3) is 5.56 Å². The van der Waals surface area contributed by atoms with Gasteiger partial charge in [0.1, 0.15) is 5.82 Å². The number of aromatic nitrogens is 4. The van der Waals surface area contributed by atoms with Crippen LogP contribution in [0.2, 0.25) is 0 Å². The summed E-state index contributed by atoms with van der Waals surface area (Å²) in [6, 6.07) is 9.07. The van der Waals surface area contributed by atoms with E-state index in [0.29, 0.717) is 24.7 Å². The summed E-state index contributed by atoms with van der Waals surface area (Å²) in [4.78, 5) is 20.2. The van der Waals surface area contributed by atoms with Gasteiger partial charge in [-0.25, -0.2) is 19.0 Å². The number of hydrogen-bond acceptors (Lipinski definition) is 5. The minimum atomic E-state index is -0.311. The average Bonchev–Trinajstić information content (AvgIpc) is 2.59. The molecule has 3 rings (SSSR count). The lowest BCUT2D eigenvalue weighted by atomic mass is 10.1. The predicted octanol–water partition coefficient (Wildman–Crippen LogP) is 2.26. The van der Waals surface area contributed by atoms with Gasteiger partial charge in [-0.1, -0.05) is 0 Å². The van der Waals surface area contributed by atoms with E-state index in [-0.39, 0.29) is 11.4 Å². The molecule has 0 bridgehead atoms. The molecule has 0 radical (unpaired) electrons. The molecule has 0 aliphatic heterocycles. The lowest BCUT2D eigenvalue weighted by molar-refractivity contribution is 0.599. The highest BCUT2D eigenvalue weighted by Crippen LogP contribution is 2.15. The first kappa shape index (κ1) is 15.8. The van der Waals surface area contributed by atoms with Crippen molar-refractivity contribution in [1.29, 1.82) is 0 Å². The van der Waals surface area contributed by atoms with Crippen LogP contribution in [0.3, 0.4) is 0 Å². The van der Waals surface area contributed by atoms with Gasteiger partial charge in [-0.3, -0.25) is 4.79 Å². The van der Waals surface area contributed by atoms with Crippen LogP contribution in [0, 0.1) is 12.7 Å². The summed E-state index contributed by atoms with van der Waals surface area (Å²) in [6.45, 7) is 2.74. The molecule has 6 nitrogen and oxygen atoms in total. The van der Waals surface area contributed by atoms with Crippen molar-refractivity contribution < 1.29 is 4.39 Å². The van der Waals surface area contributed by atoms with Crippen molar-refractivity contribution in [2.24, 2.45) is 0 Å². The van der Waals surface area contributed by atoms with Crippen molar-refractivity contribution in [2.75, 3.05) is 11.9 Å². The molecule has 1 aromatic carbocycles. The van der Waals surface area contributed by atoms with Crippen molar-refractivity contribution in [3.8, 4) is 11.3 Å². The Bertz CT molecular complexity index is 875. The Morgan fingerprint density at radius 3 is 2.50 bits per heavy atom. The van der Waals surface area contributed by atoms with E-state index in [1.165, 1.54) is 22.9 Å². The van der Waals surface area contributed by atoms with Crippen molar-refractivity contribution in [3.63, 3.8) is 0 Å². The molecule has 1 N–H and O–H groups in total. The van der Waals surface area contributed by atoms with Crippen LogP contribution in [0.1, 0.15) is 5.56 Å². The minimum absolute atomic E-state index is 0.201. The molecule has 0 unspecified atom stereocenters. The highest BCUT2D eigenvalue weighted by atomic mass is 19.1. The van der Waals surface area contributed by atoms with Crippen molar-refractivity contribution in [3.05, 3.63) is 70.5 Å². The number of halogens is 1. The van der Waals surface area contributed by atoms with E-state index in [1.54, 1.807) is 30.6 Å². The third-order valence-electron chi connectivity index (χ3n) is 3.39. The molecular formula is C17H16FN5O. The molecular weight excluding hydrogens is 309 g/mol. The fourth-order valence-electron chi connectivity index (χ4n) is 2.14. The molecule has 3 aromatic rings. The molecule has 24 heavy (non-hydrogen) atoms. The zero-order chi connectivity index (χ0) is 16.9. The Balaban J connectivity index is 1.71. The Kier molecular flexibility index (Phi) is 4.60. The number of aryl methyl sites for hydroxylation is 1. The standard InChI is InChI=1S/C17H16FN5O/c1-12-10-20-17(21-11-12)19-8-9-23-16(24)7-6-15(22-23)13-2-4-14(18)5-3-13/h2-7,10-11H,8-9H2,1H3,(H,19,20,21). The summed E-state index contributed by atoms with van der Waals surface area (Å²) >= 11 is 0. The second-order valence-corrected chi connectivity index (χ2v) is 5.30.